The summed E-state index contributed by atoms with van der Waals surface area (Å²) in [5.41, 5.74) is 2.91. The predicted octanol–water partition coefficient (Wildman–Crippen LogP) is 9.02. The maximum Gasteiger partial charge on any atom is 0.291 e. The molecule has 4 aromatic rings. The van der Waals surface area contributed by atoms with Gasteiger partial charge in [0.05, 0.1) is 41.3 Å². The quantitative estimate of drug-likeness (QED) is 0.0520. The summed E-state index contributed by atoms with van der Waals surface area (Å²) in [7, 11) is -8.52. The van der Waals surface area contributed by atoms with Gasteiger partial charge in [-0.15, -0.1) is 0 Å². The molecule has 2 aliphatic heterocycles. The van der Waals surface area contributed by atoms with Crippen molar-refractivity contribution in [2.45, 2.75) is 85.5 Å². The van der Waals surface area contributed by atoms with Crippen LogP contribution in [0.15, 0.2) is 94.7 Å². The first-order valence-electron chi connectivity index (χ1n) is 21.0. The maximum absolute atomic E-state index is 13.4. The molecule has 16 nitrogen and oxygen atoms in total. The molecule has 19 heteroatoms. The molecule has 0 atom stereocenters. The average molecular weight is 947 g/mol. The Balaban J connectivity index is 1.47. The van der Waals surface area contributed by atoms with Crippen LogP contribution in [0.3, 0.4) is 0 Å². The molecular weight excluding hydrogens is 897 g/mol. The van der Waals surface area contributed by atoms with E-state index in [0.717, 1.165) is 22.9 Å². The van der Waals surface area contributed by atoms with E-state index in [1.165, 1.54) is 46.2 Å². The molecule has 0 radical (unpaired) electrons. The number of hydrogen-bond donors (Lipinski definition) is 2. The fourth-order valence-corrected chi connectivity index (χ4v) is 11.1. The third-order valence-corrected chi connectivity index (χ3v) is 15.5. The van der Waals surface area contributed by atoms with Gasteiger partial charge in [-0.25, -0.2) is 0 Å². The van der Waals surface area contributed by atoms with Crippen molar-refractivity contribution in [3.8, 4) is 22.3 Å². The Labute approximate surface area is 382 Å². The maximum atomic E-state index is 13.4. The molecule has 0 aliphatic carbocycles. The molecule has 0 bridgehead atoms. The van der Waals surface area contributed by atoms with Gasteiger partial charge in [-0.05, 0) is 95.2 Å². The summed E-state index contributed by atoms with van der Waals surface area (Å²) in [5, 5.41) is 24.8. The SMILES string of the molecule is CC(C)c1ccccc1-c1c(C=CC(=O)N2CCC(S(=O)(=O)O)CC2)ccc(Sc2ccc(C=CC(=O)N3CCC(S(=O)(=O)O)CC3)c(-c3ccccc3C(C)C)c2[N+](=O)[O-])c1[N+](=O)[O-]. The highest BCUT2D eigenvalue weighted by Gasteiger charge is 2.34. The highest BCUT2D eigenvalue weighted by Crippen LogP contribution is 2.50. The zero-order valence-corrected chi connectivity index (χ0v) is 38.6. The predicted molar refractivity (Wildman–Crippen MR) is 250 cm³/mol. The highest BCUT2D eigenvalue weighted by molar-refractivity contribution is 7.99. The molecule has 344 valence electrons. The third-order valence-electron chi connectivity index (χ3n) is 11.8. The second kappa shape index (κ2) is 20.2. The lowest BCUT2D eigenvalue weighted by atomic mass is 9.89. The summed E-state index contributed by atoms with van der Waals surface area (Å²) >= 11 is 0.839. The zero-order valence-electron chi connectivity index (χ0n) is 36.2. The van der Waals surface area contributed by atoms with E-state index in [2.05, 4.69) is 0 Å². The van der Waals surface area contributed by atoms with Gasteiger partial charge in [0.2, 0.25) is 11.8 Å². The lowest BCUT2D eigenvalue weighted by molar-refractivity contribution is -0.387. The molecule has 65 heavy (non-hydrogen) atoms. The van der Waals surface area contributed by atoms with Crippen molar-refractivity contribution in [1.29, 1.82) is 0 Å². The van der Waals surface area contributed by atoms with Gasteiger partial charge in [0.1, 0.15) is 0 Å². The Morgan fingerprint density at radius 1 is 0.615 bits per heavy atom. The number of carbonyl (C=O) groups is 2. The van der Waals surface area contributed by atoms with Crippen molar-refractivity contribution in [1.82, 2.24) is 9.80 Å². The van der Waals surface area contributed by atoms with Crippen LogP contribution in [0.5, 0.6) is 0 Å². The average Bonchev–Trinajstić information content (AvgIpc) is 3.26. The standard InChI is InChI=1S/C46H50N4O12S3/c1-29(2)35-9-5-7-11-37(35)43-31(15-19-41(51)47-25-21-33(22-26-47)64(57,58)59)13-17-39(45(43)49(53)54)63-40-18-14-32(16-20-42(52)48-27-23-34(24-28-48)65(60,61)62)44(46(40)50(55)56)38-12-8-6-10-36(38)30(3)4/h5-20,29-30,33-34H,21-28H2,1-4H3,(H,57,58,59)(H,60,61,62). The van der Waals surface area contributed by atoms with Crippen molar-refractivity contribution in [2.75, 3.05) is 26.2 Å². The van der Waals surface area contributed by atoms with Crippen LogP contribution in [0.1, 0.15) is 87.5 Å². The van der Waals surface area contributed by atoms with E-state index in [9.17, 15) is 55.8 Å². The van der Waals surface area contributed by atoms with Gasteiger partial charge in [-0.3, -0.25) is 38.9 Å². The molecule has 0 aromatic heterocycles. The number of benzene rings is 4. The van der Waals surface area contributed by atoms with Crippen LogP contribution in [0.2, 0.25) is 0 Å². The molecule has 0 saturated carbocycles. The lowest BCUT2D eigenvalue weighted by Gasteiger charge is -2.29. The first-order valence-corrected chi connectivity index (χ1v) is 24.8. The summed E-state index contributed by atoms with van der Waals surface area (Å²) in [4.78, 5) is 55.5. The van der Waals surface area contributed by atoms with Crippen molar-refractivity contribution < 1.29 is 45.4 Å². The lowest BCUT2D eigenvalue weighted by Crippen LogP contribution is -2.41. The van der Waals surface area contributed by atoms with Gasteiger partial charge in [0.25, 0.3) is 31.6 Å². The molecular formula is C46H50N4O12S3. The third kappa shape index (κ3) is 11.2. The minimum atomic E-state index is -4.26. The molecule has 2 aliphatic rings. The summed E-state index contributed by atoms with van der Waals surface area (Å²) in [6, 6.07) is 20.5. The molecule has 0 spiro atoms. The van der Waals surface area contributed by atoms with E-state index in [-0.39, 0.29) is 96.0 Å². The molecule has 2 heterocycles. The second-order valence-corrected chi connectivity index (χ2v) is 21.1. The number of nitrogens with zero attached hydrogens (tertiary/aromatic N) is 4. The molecule has 2 fully saturated rings. The van der Waals surface area contributed by atoms with Crippen LogP contribution in [0, 0.1) is 20.2 Å². The Kier molecular flexibility index (Phi) is 15.1. The van der Waals surface area contributed by atoms with E-state index in [0.29, 0.717) is 22.3 Å². The van der Waals surface area contributed by atoms with Crippen molar-refractivity contribution >= 4 is 67.3 Å². The smallest absolute Gasteiger partial charge is 0.291 e. The topological polar surface area (TPSA) is 236 Å². The summed E-state index contributed by atoms with van der Waals surface area (Å²) in [6.45, 7) is 8.08. The molecule has 0 unspecified atom stereocenters. The largest absolute Gasteiger partial charge is 0.339 e. The van der Waals surface area contributed by atoms with E-state index < -0.39 is 52.4 Å². The minimum absolute atomic E-state index is 0.0516. The Morgan fingerprint density at radius 2 is 0.954 bits per heavy atom. The van der Waals surface area contributed by atoms with Crippen LogP contribution >= 0.6 is 11.8 Å². The van der Waals surface area contributed by atoms with Gasteiger partial charge in [0, 0.05) is 38.3 Å². The van der Waals surface area contributed by atoms with Crippen LogP contribution < -0.4 is 0 Å². The van der Waals surface area contributed by atoms with Gasteiger partial charge >= 0.3 is 0 Å². The molecule has 2 N–H and O–H groups in total. The number of rotatable bonds is 14. The van der Waals surface area contributed by atoms with Crippen molar-refractivity contribution in [3.63, 3.8) is 0 Å². The number of amides is 2. The zero-order chi connectivity index (χ0) is 47.4. The fraction of sp³-hybridized carbons (Fsp3) is 0.348. The van der Waals surface area contributed by atoms with Crippen molar-refractivity contribution in [3.05, 3.63) is 127 Å². The van der Waals surface area contributed by atoms with Crippen molar-refractivity contribution in [2.24, 2.45) is 0 Å². The Hall–Kier alpha value is -5.73. The van der Waals surface area contributed by atoms with Crippen LogP contribution in [0.25, 0.3) is 34.4 Å². The molecule has 4 aromatic carbocycles. The normalized spacial score (nSPS) is 15.7. The van der Waals surface area contributed by atoms with E-state index in [1.807, 2.05) is 52.0 Å². The minimum Gasteiger partial charge on any atom is -0.339 e. The first-order chi connectivity index (χ1) is 30.7. The van der Waals surface area contributed by atoms with Crippen LogP contribution in [0.4, 0.5) is 11.4 Å². The number of likely N-dealkylation sites (tertiary alicyclic amines) is 2. The molecule has 2 amide bonds. The Morgan fingerprint density at radius 3 is 1.26 bits per heavy atom. The van der Waals surface area contributed by atoms with Gasteiger partial charge in [-0.1, -0.05) is 100 Å². The number of nitro benzene ring substituents is 2. The fourth-order valence-electron chi connectivity index (χ4n) is 8.40. The molecule has 2 saturated heterocycles. The highest BCUT2D eigenvalue weighted by atomic mass is 32.2. The summed E-state index contributed by atoms with van der Waals surface area (Å²) < 4.78 is 65.7. The number of nitro groups is 2. The van der Waals surface area contributed by atoms with Gasteiger partial charge < -0.3 is 9.80 Å². The van der Waals surface area contributed by atoms with Crippen LogP contribution in [-0.2, 0) is 29.8 Å². The van der Waals surface area contributed by atoms with E-state index in [1.54, 1.807) is 36.4 Å². The van der Waals surface area contributed by atoms with Crippen LogP contribution in [-0.4, -0.2) is 94.1 Å². The number of piperidine rings is 2. The first kappa shape index (κ1) is 48.7. The van der Waals surface area contributed by atoms with Gasteiger partial charge in [0.15, 0.2) is 0 Å². The number of carbonyl (C=O) groups excluding carboxylic acids is 2. The van der Waals surface area contributed by atoms with E-state index in [4.69, 9.17) is 0 Å². The Bertz CT molecular complexity index is 2600. The van der Waals surface area contributed by atoms with Gasteiger partial charge in [-0.2, -0.15) is 16.8 Å². The second-order valence-electron chi connectivity index (χ2n) is 16.6. The number of hydrogen-bond acceptors (Lipinski definition) is 11. The van der Waals surface area contributed by atoms with E-state index >= 15 is 0 Å². The summed E-state index contributed by atoms with van der Waals surface area (Å²) in [5.74, 6) is -1.09. The summed E-state index contributed by atoms with van der Waals surface area (Å²) in [6.07, 6.45) is 5.67. The monoisotopic (exact) mass is 946 g/mol. The molecule has 6 rings (SSSR count).